The number of hydrogen-bond acceptors (Lipinski definition) is 3. The summed E-state index contributed by atoms with van der Waals surface area (Å²) in [6.45, 7) is 0. The summed E-state index contributed by atoms with van der Waals surface area (Å²) in [5, 5.41) is 2.10. The van der Waals surface area contributed by atoms with Crippen molar-refractivity contribution in [2.75, 3.05) is 5.32 Å². The van der Waals surface area contributed by atoms with Gasteiger partial charge in [-0.2, -0.15) is 13.2 Å². The Hall–Kier alpha value is -2.55. The van der Waals surface area contributed by atoms with E-state index in [9.17, 15) is 26.4 Å². The van der Waals surface area contributed by atoms with Crippen LogP contribution in [0.2, 0.25) is 0 Å². The maximum atomic E-state index is 13.0. The Bertz CT molecular complexity index is 1010. The fourth-order valence-electron chi connectivity index (χ4n) is 4.45. The maximum Gasteiger partial charge on any atom is 0.416 e. The van der Waals surface area contributed by atoms with E-state index in [0.29, 0.717) is 25.7 Å². The van der Waals surface area contributed by atoms with Gasteiger partial charge in [-0.05, 0) is 62.1 Å². The van der Waals surface area contributed by atoms with Crippen LogP contribution in [0.4, 0.5) is 23.7 Å². The Labute approximate surface area is 172 Å². The van der Waals surface area contributed by atoms with Crippen molar-refractivity contribution in [2.24, 2.45) is 0 Å². The molecule has 2 aliphatic rings. The Balaban J connectivity index is 1.46. The number of carbonyl (C=O) groups is 1. The van der Waals surface area contributed by atoms with Crippen LogP contribution in [-0.4, -0.2) is 36.7 Å². The minimum Gasteiger partial charge on any atom is -0.318 e. The average Bonchev–Trinajstić information content (AvgIpc) is 2.98. The van der Waals surface area contributed by atoms with E-state index in [1.54, 1.807) is 35.2 Å². The first-order chi connectivity index (χ1) is 14.2. The third-order valence-electron chi connectivity index (χ3n) is 5.90. The Kier molecular flexibility index (Phi) is 5.25. The molecule has 2 aliphatic heterocycles. The normalized spacial score (nSPS) is 24.0. The van der Waals surface area contributed by atoms with Crippen LogP contribution in [0, 0.1) is 0 Å². The van der Waals surface area contributed by atoms with Crippen LogP contribution in [0.3, 0.4) is 0 Å². The second-order valence-corrected chi connectivity index (χ2v) is 9.98. The Morgan fingerprint density at radius 2 is 1.50 bits per heavy atom. The van der Waals surface area contributed by atoms with Gasteiger partial charge in [-0.3, -0.25) is 0 Å². The third kappa shape index (κ3) is 3.90. The molecule has 2 amide bonds. The first-order valence-electron chi connectivity index (χ1n) is 9.72. The average molecular weight is 438 g/mol. The summed E-state index contributed by atoms with van der Waals surface area (Å²) in [7, 11) is -3.48. The van der Waals surface area contributed by atoms with E-state index in [1.165, 1.54) is 12.1 Å². The standard InChI is InChI=1S/C21H21F3N2O3S/c22-21(23,24)14-6-8-15(9-7-14)25-20(27)26-16-10-11-17(26)13-19(12-16)30(28,29)18-4-2-1-3-5-18/h1-9,16-17,19H,10-13H2,(H,25,27). The minimum absolute atomic E-state index is 0.207. The Morgan fingerprint density at radius 3 is 2.03 bits per heavy atom. The quantitative estimate of drug-likeness (QED) is 0.755. The van der Waals surface area contributed by atoms with Crippen molar-refractivity contribution in [1.29, 1.82) is 0 Å². The zero-order chi connectivity index (χ0) is 21.5. The molecule has 2 bridgehead atoms. The maximum absolute atomic E-state index is 13.0. The number of hydrogen-bond donors (Lipinski definition) is 1. The lowest BCUT2D eigenvalue weighted by atomic mass is 10.0. The summed E-state index contributed by atoms with van der Waals surface area (Å²) >= 11 is 0. The Morgan fingerprint density at radius 1 is 0.933 bits per heavy atom. The van der Waals surface area contributed by atoms with Crippen molar-refractivity contribution >= 4 is 21.6 Å². The molecule has 0 aromatic heterocycles. The lowest BCUT2D eigenvalue weighted by Gasteiger charge is -2.38. The molecule has 0 saturated carbocycles. The number of urea groups is 1. The van der Waals surface area contributed by atoms with Crippen LogP contribution in [0.5, 0.6) is 0 Å². The predicted molar refractivity (Wildman–Crippen MR) is 106 cm³/mol. The molecular weight excluding hydrogens is 417 g/mol. The fourth-order valence-corrected chi connectivity index (χ4v) is 6.32. The molecule has 1 N–H and O–H groups in total. The van der Waals surface area contributed by atoms with Gasteiger partial charge in [0.05, 0.1) is 15.7 Å². The molecule has 160 valence electrons. The van der Waals surface area contributed by atoms with Gasteiger partial charge in [-0.15, -0.1) is 0 Å². The van der Waals surface area contributed by atoms with Crippen molar-refractivity contribution in [2.45, 2.75) is 54.1 Å². The van der Waals surface area contributed by atoms with E-state index < -0.39 is 32.9 Å². The number of carbonyl (C=O) groups excluding carboxylic acids is 1. The lowest BCUT2D eigenvalue weighted by Crippen LogP contribution is -2.51. The molecule has 2 fully saturated rings. The number of sulfone groups is 1. The van der Waals surface area contributed by atoms with Gasteiger partial charge in [0.2, 0.25) is 0 Å². The number of halogens is 3. The largest absolute Gasteiger partial charge is 0.416 e. The van der Waals surface area contributed by atoms with Crippen LogP contribution in [0.15, 0.2) is 59.5 Å². The molecule has 4 rings (SSSR count). The molecule has 2 saturated heterocycles. The summed E-state index contributed by atoms with van der Waals surface area (Å²) < 4.78 is 64.0. The molecule has 2 heterocycles. The summed E-state index contributed by atoms with van der Waals surface area (Å²) in [5.74, 6) is 0. The first-order valence-corrected chi connectivity index (χ1v) is 11.3. The summed E-state index contributed by atoms with van der Waals surface area (Å²) in [6, 6.07) is 11.8. The van der Waals surface area contributed by atoms with E-state index in [2.05, 4.69) is 5.32 Å². The SMILES string of the molecule is O=C(Nc1ccc(C(F)(F)F)cc1)N1C2CCC1CC(S(=O)(=O)c1ccccc1)C2. The molecule has 9 heteroatoms. The third-order valence-corrected chi connectivity index (χ3v) is 8.09. The lowest BCUT2D eigenvalue weighted by molar-refractivity contribution is -0.137. The molecule has 2 aromatic carbocycles. The molecule has 2 aromatic rings. The number of anilines is 1. The highest BCUT2D eigenvalue weighted by molar-refractivity contribution is 7.92. The predicted octanol–water partition coefficient (Wildman–Crippen LogP) is 4.71. The van der Waals surface area contributed by atoms with Gasteiger partial charge in [0.25, 0.3) is 0 Å². The summed E-state index contributed by atoms with van der Waals surface area (Å²) in [4.78, 5) is 14.7. The molecular formula is C21H21F3N2O3S. The number of benzene rings is 2. The van der Waals surface area contributed by atoms with E-state index in [-0.39, 0.29) is 22.7 Å². The molecule has 0 aliphatic carbocycles. The second kappa shape index (κ2) is 7.61. The van der Waals surface area contributed by atoms with Gasteiger partial charge in [-0.25, -0.2) is 13.2 Å². The van der Waals surface area contributed by atoms with Gasteiger partial charge in [0, 0.05) is 17.8 Å². The second-order valence-electron chi connectivity index (χ2n) is 7.75. The molecule has 0 radical (unpaired) electrons. The zero-order valence-electron chi connectivity index (χ0n) is 16.0. The zero-order valence-corrected chi connectivity index (χ0v) is 16.8. The number of fused-ring (bicyclic) bond motifs is 2. The monoisotopic (exact) mass is 438 g/mol. The number of alkyl halides is 3. The highest BCUT2D eigenvalue weighted by atomic mass is 32.2. The van der Waals surface area contributed by atoms with Crippen molar-refractivity contribution in [3.8, 4) is 0 Å². The van der Waals surface area contributed by atoms with Crippen molar-refractivity contribution in [1.82, 2.24) is 4.90 Å². The van der Waals surface area contributed by atoms with Crippen LogP contribution in [0.1, 0.15) is 31.2 Å². The first kappa shape index (κ1) is 20.7. The fraction of sp³-hybridized carbons (Fsp3) is 0.381. The van der Waals surface area contributed by atoms with Gasteiger partial charge in [0.15, 0.2) is 9.84 Å². The number of amides is 2. The molecule has 30 heavy (non-hydrogen) atoms. The van der Waals surface area contributed by atoms with Crippen LogP contribution in [0.25, 0.3) is 0 Å². The van der Waals surface area contributed by atoms with Crippen molar-refractivity contribution in [3.05, 3.63) is 60.2 Å². The minimum atomic E-state index is -4.44. The number of nitrogens with one attached hydrogen (secondary N) is 1. The van der Waals surface area contributed by atoms with Crippen molar-refractivity contribution < 1.29 is 26.4 Å². The molecule has 0 spiro atoms. The van der Waals surface area contributed by atoms with Crippen LogP contribution >= 0.6 is 0 Å². The topological polar surface area (TPSA) is 66.5 Å². The van der Waals surface area contributed by atoms with Gasteiger partial charge in [0.1, 0.15) is 0 Å². The summed E-state index contributed by atoms with van der Waals surface area (Å²) in [6.07, 6.45) is -2.30. The molecule has 2 atom stereocenters. The molecule has 2 unspecified atom stereocenters. The van der Waals surface area contributed by atoms with Crippen LogP contribution < -0.4 is 5.32 Å². The molecule has 5 nitrogen and oxygen atoms in total. The van der Waals surface area contributed by atoms with E-state index in [4.69, 9.17) is 0 Å². The van der Waals surface area contributed by atoms with Crippen molar-refractivity contribution in [3.63, 3.8) is 0 Å². The van der Waals surface area contributed by atoms with Gasteiger partial charge in [-0.1, -0.05) is 18.2 Å². The van der Waals surface area contributed by atoms with Gasteiger partial charge >= 0.3 is 12.2 Å². The highest BCUT2D eigenvalue weighted by Gasteiger charge is 2.47. The number of nitrogens with zero attached hydrogens (tertiary/aromatic N) is 1. The van der Waals surface area contributed by atoms with Crippen LogP contribution in [-0.2, 0) is 16.0 Å². The highest BCUT2D eigenvalue weighted by Crippen LogP contribution is 2.40. The van der Waals surface area contributed by atoms with E-state index >= 15 is 0 Å². The van der Waals surface area contributed by atoms with E-state index in [0.717, 1.165) is 12.1 Å². The summed E-state index contributed by atoms with van der Waals surface area (Å²) in [5.41, 5.74) is -0.515. The number of piperidine rings is 1. The number of rotatable bonds is 3. The van der Waals surface area contributed by atoms with E-state index in [1.807, 2.05) is 0 Å². The van der Waals surface area contributed by atoms with Gasteiger partial charge < -0.3 is 10.2 Å². The smallest absolute Gasteiger partial charge is 0.318 e.